The van der Waals surface area contributed by atoms with Gasteiger partial charge in [-0.15, -0.1) is 0 Å². The van der Waals surface area contributed by atoms with Gasteiger partial charge in [-0.05, 0) is 49.9 Å². The fourth-order valence-electron chi connectivity index (χ4n) is 1.79. The fourth-order valence-corrected chi connectivity index (χ4v) is 1.79. The minimum Gasteiger partial charge on any atom is -0.457 e. The van der Waals surface area contributed by atoms with Crippen LogP contribution in [0.1, 0.15) is 12.5 Å². The van der Waals surface area contributed by atoms with Gasteiger partial charge in [-0.1, -0.05) is 24.6 Å². The van der Waals surface area contributed by atoms with Crippen LogP contribution in [0.5, 0.6) is 11.5 Å². The van der Waals surface area contributed by atoms with Crippen LogP contribution in [0, 0.1) is 6.92 Å². The smallest absolute Gasteiger partial charge is 0.238 e. The summed E-state index contributed by atoms with van der Waals surface area (Å²) in [6, 6.07) is 15.2. The predicted octanol–water partition coefficient (Wildman–Crippen LogP) is 3.34. The van der Waals surface area contributed by atoms with Gasteiger partial charge in [0.25, 0.3) is 0 Å². The maximum Gasteiger partial charge on any atom is 0.238 e. The van der Waals surface area contributed by atoms with E-state index in [4.69, 9.17) is 4.74 Å². The molecule has 0 heterocycles. The summed E-state index contributed by atoms with van der Waals surface area (Å²) in [6.45, 7) is 5.09. The third kappa shape index (κ3) is 4.93. The first-order chi connectivity index (χ1) is 10.2. The van der Waals surface area contributed by atoms with Crippen molar-refractivity contribution in [1.82, 2.24) is 5.32 Å². The second-order valence-electron chi connectivity index (χ2n) is 4.77. The normalized spacial score (nSPS) is 10.2. The lowest BCUT2D eigenvalue weighted by Gasteiger charge is -2.08. The quantitative estimate of drug-likeness (QED) is 0.855. The van der Waals surface area contributed by atoms with E-state index in [-0.39, 0.29) is 5.91 Å². The average molecular weight is 284 g/mol. The molecular formula is C17H20N2O2. The zero-order chi connectivity index (χ0) is 15.1. The van der Waals surface area contributed by atoms with Crippen LogP contribution in [0.3, 0.4) is 0 Å². The van der Waals surface area contributed by atoms with E-state index in [0.717, 1.165) is 23.7 Å². The summed E-state index contributed by atoms with van der Waals surface area (Å²) in [4.78, 5) is 11.6. The van der Waals surface area contributed by atoms with Crippen LogP contribution in [-0.4, -0.2) is 19.0 Å². The summed E-state index contributed by atoms with van der Waals surface area (Å²) in [5.41, 5.74) is 1.95. The summed E-state index contributed by atoms with van der Waals surface area (Å²) in [5.74, 6) is 1.48. The van der Waals surface area contributed by atoms with E-state index in [0.29, 0.717) is 6.54 Å². The Morgan fingerprint density at radius 2 is 1.57 bits per heavy atom. The number of carbonyl (C=O) groups is 1. The Morgan fingerprint density at radius 3 is 2.14 bits per heavy atom. The van der Waals surface area contributed by atoms with Gasteiger partial charge >= 0.3 is 0 Å². The van der Waals surface area contributed by atoms with E-state index in [1.54, 1.807) is 0 Å². The first-order valence-electron chi connectivity index (χ1n) is 7.02. The highest BCUT2D eigenvalue weighted by molar-refractivity contribution is 5.92. The Bertz CT molecular complexity index is 577. The molecule has 110 valence electrons. The maximum atomic E-state index is 11.6. The maximum absolute atomic E-state index is 11.6. The first-order valence-corrected chi connectivity index (χ1v) is 7.02. The number of hydrogen-bond donors (Lipinski definition) is 2. The van der Waals surface area contributed by atoms with Gasteiger partial charge in [0.15, 0.2) is 0 Å². The molecule has 0 fully saturated rings. The molecule has 0 radical (unpaired) electrons. The molecule has 2 aromatic carbocycles. The molecule has 2 rings (SSSR count). The molecule has 0 spiro atoms. The molecule has 21 heavy (non-hydrogen) atoms. The van der Waals surface area contributed by atoms with Gasteiger partial charge in [-0.25, -0.2) is 0 Å². The van der Waals surface area contributed by atoms with Crippen molar-refractivity contribution < 1.29 is 9.53 Å². The largest absolute Gasteiger partial charge is 0.457 e. The summed E-state index contributed by atoms with van der Waals surface area (Å²) in [5, 5.41) is 5.80. The molecule has 0 unspecified atom stereocenters. The lowest BCUT2D eigenvalue weighted by atomic mass is 10.2. The summed E-state index contributed by atoms with van der Waals surface area (Å²) in [7, 11) is 0. The van der Waals surface area contributed by atoms with Crippen molar-refractivity contribution >= 4 is 11.6 Å². The van der Waals surface area contributed by atoms with Gasteiger partial charge < -0.3 is 15.4 Å². The number of rotatable bonds is 6. The number of benzene rings is 2. The third-order valence-electron chi connectivity index (χ3n) is 2.93. The predicted molar refractivity (Wildman–Crippen MR) is 84.9 cm³/mol. The molecule has 0 saturated heterocycles. The number of anilines is 1. The molecule has 0 atom stereocenters. The zero-order valence-electron chi connectivity index (χ0n) is 12.3. The van der Waals surface area contributed by atoms with Crippen LogP contribution >= 0.6 is 0 Å². The van der Waals surface area contributed by atoms with Gasteiger partial charge in [-0.2, -0.15) is 0 Å². The van der Waals surface area contributed by atoms with Crippen LogP contribution < -0.4 is 15.4 Å². The van der Waals surface area contributed by atoms with Crippen molar-refractivity contribution in [2.45, 2.75) is 13.8 Å². The SMILES string of the molecule is CCNCC(=O)Nc1ccc(Oc2ccc(C)cc2)cc1. The standard InChI is InChI=1S/C17H20N2O2/c1-3-18-12-17(20)19-14-6-10-16(11-7-14)21-15-8-4-13(2)5-9-15/h4-11,18H,3,12H2,1-2H3,(H,19,20). The fraction of sp³-hybridized carbons (Fsp3) is 0.235. The Balaban J connectivity index is 1.92. The molecule has 0 aliphatic rings. The van der Waals surface area contributed by atoms with E-state index in [9.17, 15) is 4.79 Å². The zero-order valence-corrected chi connectivity index (χ0v) is 12.3. The molecule has 4 heteroatoms. The number of carbonyl (C=O) groups excluding carboxylic acids is 1. The number of ether oxygens (including phenoxy) is 1. The van der Waals surface area contributed by atoms with Gasteiger partial charge in [-0.3, -0.25) is 4.79 Å². The second kappa shape index (κ2) is 7.45. The van der Waals surface area contributed by atoms with Crippen LogP contribution in [0.15, 0.2) is 48.5 Å². The molecule has 4 nitrogen and oxygen atoms in total. The minimum atomic E-state index is -0.0518. The van der Waals surface area contributed by atoms with Crippen molar-refractivity contribution in [1.29, 1.82) is 0 Å². The number of likely N-dealkylation sites (N-methyl/N-ethyl adjacent to an activating group) is 1. The lowest BCUT2D eigenvalue weighted by Crippen LogP contribution is -2.27. The van der Waals surface area contributed by atoms with Crippen molar-refractivity contribution in [3.05, 3.63) is 54.1 Å². The van der Waals surface area contributed by atoms with Gasteiger partial charge in [0.1, 0.15) is 11.5 Å². The number of nitrogens with one attached hydrogen (secondary N) is 2. The molecule has 2 aromatic rings. The molecule has 0 aromatic heterocycles. The van der Waals surface area contributed by atoms with E-state index < -0.39 is 0 Å². The van der Waals surface area contributed by atoms with Crippen molar-refractivity contribution in [2.24, 2.45) is 0 Å². The highest BCUT2D eigenvalue weighted by atomic mass is 16.5. The van der Waals surface area contributed by atoms with Gasteiger partial charge in [0.05, 0.1) is 6.54 Å². The molecule has 0 saturated carbocycles. The molecule has 1 amide bonds. The molecule has 0 aliphatic heterocycles. The van der Waals surface area contributed by atoms with E-state index in [1.165, 1.54) is 5.56 Å². The Labute approximate surface area is 125 Å². The van der Waals surface area contributed by atoms with Crippen LogP contribution in [-0.2, 0) is 4.79 Å². The van der Waals surface area contributed by atoms with Crippen molar-refractivity contribution in [2.75, 3.05) is 18.4 Å². The molecule has 2 N–H and O–H groups in total. The molecule has 0 aliphatic carbocycles. The van der Waals surface area contributed by atoms with Crippen molar-refractivity contribution in [3.8, 4) is 11.5 Å². The van der Waals surface area contributed by atoms with E-state index in [1.807, 2.05) is 62.4 Å². The van der Waals surface area contributed by atoms with Gasteiger partial charge in [0, 0.05) is 5.69 Å². The van der Waals surface area contributed by atoms with Crippen LogP contribution in [0.4, 0.5) is 5.69 Å². The average Bonchev–Trinajstić information content (AvgIpc) is 2.49. The van der Waals surface area contributed by atoms with E-state index >= 15 is 0 Å². The highest BCUT2D eigenvalue weighted by Gasteiger charge is 2.02. The Hall–Kier alpha value is -2.33. The summed E-state index contributed by atoms with van der Waals surface area (Å²) >= 11 is 0. The molecule has 0 bridgehead atoms. The number of amides is 1. The Kier molecular flexibility index (Phi) is 5.35. The lowest BCUT2D eigenvalue weighted by molar-refractivity contribution is -0.115. The Morgan fingerprint density at radius 1 is 1.00 bits per heavy atom. The summed E-state index contributed by atoms with van der Waals surface area (Å²) < 4.78 is 5.73. The number of aryl methyl sites for hydroxylation is 1. The minimum absolute atomic E-state index is 0.0518. The monoisotopic (exact) mass is 284 g/mol. The third-order valence-corrected chi connectivity index (χ3v) is 2.93. The van der Waals surface area contributed by atoms with Crippen LogP contribution in [0.25, 0.3) is 0 Å². The number of hydrogen-bond acceptors (Lipinski definition) is 3. The van der Waals surface area contributed by atoms with E-state index in [2.05, 4.69) is 10.6 Å². The second-order valence-corrected chi connectivity index (χ2v) is 4.77. The van der Waals surface area contributed by atoms with Gasteiger partial charge in [0.2, 0.25) is 5.91 Å². The highest BCUT2D eigenvalue weighted by Crippen LogP contribution is 2.23. The van der Waals surface area contributed by atoms with Crippen LogP contribution in [0.2, 0.25) is 0 Å². The molecular weight excluding hydrogens is 264 g/mol. The topological polar surface area (TPSA) is 50.4 Å². The first kappa shape index (κ1) is 15.1. The van der Waals surface area contributed by atoms with Crippen molar-refractivity contribution in [3.63, 3.8) is 0 Å². The summed E-state index contributed by atoms with van der Waals surface area (Å²) in [6.07, 6.45) is 0.